The van der Waals surface area contributed by atoms with Crippen molar-refractivity contribution in [2.45, 2.75) is 13.3 Å². The van der Waals surface area contributed by atoms with Crippen molar-refractivity contribution in [2.75, 3.05) is 0 Å². The van der Waals surface area contributed by atoms with Crippen molar-refractivity contribution in [2.24, 2.45) is 0 Å². The Hall–Kier alpha value is -0.200. The zero-order valence-electron chi connectivity index (χ0n) is 3.86. The molecule has 0 radical (unpaired) electrons. The van der Waals surface area contributed by atoms with Gasteiger partial charge in [0.1, 0.15) is 0 Å². The molecule has 0 aromatic heterocycles. The standard InChI is InChI=1S/C3H5N.H3N.H2S/c1-2-3-4;;/h2H2,1H3;1H3;1H2. The average molecular weight is 106 g/mol. The number of hydrogen-bond acceptors (Lipinski definition) is 2. The van der Waals surface area contributed by atoms with E-state index >= 15 is 0 Å². The van der Waals surface area contributed by atoms with Crippen molar-refractivity contribution in [1.29, 1.82) is 5.26 Å². The molecule has 0 spiro atoms. The van der Waals surface area contributed by atoms with Gasteiger partial charge in [0, 0.05) is 6.42 Å². The summed E-state index contributed by atoms with van der Waals surface area (Å²) in [7, 11) is 0. The van der Waals surface area contributed by atoms with Crippen molar-refractivity contribution in [1.82, 2.24) is 6.15 Å². The topological polar surface area (TPSA) is 58.8 Å². The van der Waals surface area contributed by atoms with Crippen LogP contribution < -0.4 is 6.15 Å². The molecule has 0 amide bonds. The van der Waals surface area contributed by atoms with Crippen LogP contribution in [0.2, 0.25) is 0 Å². The molecule has 0 fully saturated rings. The molecule has 0 aromatic carbocycles. The van der Waals surface area contributed by atoms with E-state index in [-0.39, 0.29) is 19.6 Å². The molecule has 38 valence electrons. The van der Waals surface area contributed by atoms with E-state index in [1.807, 2.05) is 13.0 Å². The molecule has 0 saturated heterocycles. The molecule has 6 heavy (non-hydrogen) atoms. The van der Waals surface area contributed by atoms with E-state index in [4.69, 9.17) is 5.26 Å². The van der Waals surface area contributed by atoms with Gasteiger partial charge in [0.15, 0.2) is 0 Å². The summed E-state index contributed by atoms with van der Waals surface area (Å²) in [4.78, 5) is 0. The molecule has 0 aliphatic rings. The van der Waals surface area contributed by atoms with Crippen LogP contribution in [0.4, 0.5) is 0 Å². The summed E-state index contributed by atoms with van der Waals surface area (Å²) in [5.41, 5.74) is 0. The Morgan fingerprint density at radius 2 is 1.83 bits per heavy atom. The molecule has 3 N–H and O–H groups in total. The van der Waals surface area contributed by atoms with Crippen molar-refractivity contribution in [3.8, 4) is 6.07 Å². The molecule has 0 aromatic rings. The minimum atomic E-state index is 0. The molecule has 3 heteroatoms. The van der Waals surface area contributed by atoms with Crippen LogP contribution in [0.1, 0.15) is 13.3 Å². The van der Waals surface area contributed by atoms with Gasteiger partial charge in [-0.1, -0.05) is 6.92 Å². The van der Waals surface area contributed by atoms with E-state index in [1.54, 1.807) is 0 Å². The van der Waals surface area contributed by atoms with E-state index in [9.17, 15) is 0 Å². The van der Waals surface area contributed by atoms with Gasteiger partial charge in [0.2, 0.25) is 0 Å². The maximum Gasteiger partial charge on any atom is 0.0618 e. The number of hydrogen-bond donors (Lipinski definition) is 1. The van der Waals surface area contributed by atoms with Crippen molar-refractivity contribution in [3.63, 3.8) is 0 Å². The highest BCUT2D eigenvalue weighted by Crippen LogP contribution is 1.58. The van der Waals surface area contributed by atoms with Crippen molar-refractivity contribution < 1.29 is 0 Å². The lowest BCUT2D eigenvalue weighted by Crippen LogP contribution is -1.38. The number of nitriles is 1. The van der Waals surface area contributed by atoms with Gasteiger partial charge in [-0.05, 0) is 0 Å². The monoisotopic (exact) mass is 106 g/mol. The van der Waals surface area contributed by atoms with Gasteiger partial charge in [-0.15, -0.1) is 0 Å². The summed E-state index contributed by atoms with van der Waals surface area (Å²) in [6.45, 7) is 1.82. The van der Waals surface area contributed by atoms with Gasteiger partial charge in [-0.25, -0.2) is 0 Å². The van der Waals surface area contributed by atoms with Crippen LogP contribution in [0, 0.1) is 11.3 Å². The lowest BCUT2D eigenvalue weighted by Gasteiger charge is -1.47. The first-order valence-electron chi connectivity index (χ1n) is 1.28. The summed E-state index contributed by atoms with van der Waals surface area (Å²) in [5.74, 6) is 0. The second-order valence-corrected chi connectivity index (χ2v) is 0.512. The van der Waals surface area contributed by atoms with Gasteiger partial charge in [0.05, 0.1) is 6.07 Å². The zero-order chi connectivity index (χ0) is 3.41. The Balaban J connectivity index is -0.0000000450. The Morgan fingerprint density at radius 3 is 1.83 bits per heavy atom. The third-order valence-corrected chi connectivity index (χ3v) is 0.158. The number of nitrogens with zero attached hydrogens (tertiary/aromatic N) is 1. The van der Waals surface area contributed by atoms with Crippen LogP contribution in [0.5, 0.6) is 0 Å². The van der Waals surface area contributed by atoms with Gasteiger partial charge < -0.3 is 6.15 Å². The highest BCUT2D eigenvalue weighted by molar-refractivity contribution is 7.59. The molecule has 0 aliphatic heterocycles. The highest BCUT2D eigenvalue weighted by atomic mass is 32.1. The summed E-state index contributed by atoms with van der Waals surface area (Å²) in [6, 6.07) is 1.93. The molecule has 0 aliphatic carbocycles. The lowest BCUT2D eigenvalue weighted by atomic mass is 10.6. The second-order valence-electron chi connectivity index (χ2n) is 0.512. The third kappa shape index (κ3) is 46.5. The Labute approximate surface area is 45.2 Å². The summed E-state index contributed by atoms with van der Waals surface area (Å²) >= 11 is 0. The van der Waals surface area contributed by atoms with Crippen LogP contribution in [0.15, 0.2) is 0 Å². The Bertz CT molecular complexity index is 38.5. The van der Waals surface area contributed by atoms with Gasteiger partial charge in [0.25, 0.3) is 0 Å². The third-order valence-electron chi connectivity index (χ3n) is 0.158. The van der Waals surface area contributed by atoms with Crippen LogP contribution >= 0.6 is 13.5 Å². The highest BCUT2D eigenvalue weighted by Gasteiger charge is 1.49. The van der Waals surface area contributed by atoms with Gasteiger partial charge >= 0.3 is 0 Å². The second kappa shape index (κ2) is 21.4. The molecule has 0 bridgehead atoms. The van der Waals surface area contributed by atoms with Crippen molar-refractivity contribution >= 4 is 13.5 Å². The minimum absolute atomic E-state index is 0. The van der Waals surface area contributed by atoms with Crippen LogP contribution in [-0.4, -0.2) is 0 Å². The number of rotatable bonds is 0. The van der Waals surface area contributed by atoms with Crippen molar-refractivity contribution in [3.05, 3.63) is 0 Å². The van der Waals surface area contributed by atoms with Crippen LogP contribution in [0.25, 0.3) is 0 Å². The predicted octanol–water partition coefficient (Wildman–Crippen LogP) is 1.19. The zero-order valence-corrected chi connectivity index (χ0v) is 4.86. The molecule has 0 atom stereocenters. The molecule has 0 heterocycles. The SMILES string of the molecule is CCC#N.N.S. The summed E-state index contributed by atoms with van der Waals surface area (Å²) in [6.07, 6.45) is 0.625. The van der Waals surface area contributed by atoms with Crippen LogP contribution in [-0.2, 0) is 0 Å². The van der Waals surface area contributed by atoms with E-state index in [2.05, 4.69) is 0 Å². The predicted molar refractivity (Wildman–Crippen MR) is 31.3 cm³/mol. The molecule has 2 nitrogen and oxygen atoms in total. The smallest absolute Gasteiger partial charge is 0.0618 e. The lowest BCUT2D eigenvalue weighted by molar-refractivity contribution is 1.22. The summed E-state index contributed by atoms with van der Waals surface area (Å²) < 4.78 is 0. The van der Waals surface area contributed by atoms with Crippen LogP contribution in [0.3, 0.4) is 0 Å². The molecular formula is C3H10N2S. The minimum Gasteiger partial charge on any atom is -0.344 e. The van der Waals surface area contributed by atoms with E-state index in [0.717, 1.165) is 0 Å². The Morgan fingerprint density at radius 1 is 1.67 bits per heavy atom. The fourth-order valence-electron chi connectivity index (χ4n) is 0. The first kappa shape index (κ1) is 17.0. The molecule has 0 saturated carbocycles. The fraction of sp³-hybridized carbons (Fsp3) is 0.667. The summed E-state index contributed by atoms with van der Waals surface area (Å²) in [5, 5.41) is 7.62. The largest absolute Gasteiger partial charge is 0.344 e. The van der Waals surface area contributed by atoms with E-state index in [0.29, 0.717) is 6.42 Å². The molecule has 0 rings (SSSR count). The van der Waals surface area contributed by atoms with Gasteiger partial charge in [-0.2, -0.15) is 18.8 Å². The maximum atomic E-state index is 7.62. The quantitative estimate of drug-likeness (QED) is 0.504. The first-order valence-corrected chi connectivity index (χ1v) is 1.28. The normalized spacial score (nSPS) is 3.33. The maximum absolute atomic E-state index is 7.62. The van der Waals surface area contributed by atoms with Gasteiger partial charge in [-0.3, -0.25) is 0 Å². The van der Waals surface area contributed by atoms with E-state index < -0.39 is 0 Å². The Kier molecular flexibility index (Phi) is 60.8. The fourth-order valence-corrected chi connectivity index (χ4v) is 0. The average Bonchev–Trinajstić information content (AvgIpc) is 1.37. The molecular weight excluding hydrogens is 96.1 g/mol. The molecule has 0 unspecified atom stereocenters. The first-order chi connectivity index (χ1) is 1.91. The van der Waals surface area contributed by atoms with E-state index in [1.165, 1.54) is 0 Å².